The van der Waals surface area contributed by atoms with Crippen LogP contribution >= 0.6 is 15.9 Å². The third-order valence-corrected chi connectivity index (χ3v) is 6.18. The maximum Gasteiger partial charge on any atom is 0.231 e. The fraction of sp³-hybridized carbons (Fsp3) is 0.154. The summed E-state index contributed by atoms with van der Waals surface area (Å²) in [6.45, 7) is 1.29. The number of nitrogens with one attached hydrogen (secondary N) is 1. The van der Waals surface area contributed by atoms with Crippen molar-refractivity contribution in [2.75, 3.05) is 19.2 Å². The summed E-state index contributed by atoms with van der Waals surface area (Å²) >= 11 is 3.67. The van der Waals surface area contributed by atoms with Gasteiger partial charge in [0.05, 0.1) is 7.11 Å². The maximum atomic E-state index is 6.08. The molecule has 4 aromatic rings. The standard InChI is InChI=1S/C26H22BrNO4/c1-29-26-20(21(27)10-11-23(26)30-15-17-6-3-2-4-7-17)14-28-22-9-5-8-18-12-24-25(13-19(18)22)32-16-31-24/h2-13,28H,14-16H2,1H3. The van der Waals surface area contributed by atoms with Gasteiger partial charge >= 0.3 is 0 Å². The van der Waals surface area contributed by atoms with E-state index in [1.807, 2.05) is 60.7 Å². The minimum absolute atomic E-state index is 0.258. The van der Waals surface area contributed by atoms with Gasteiger partial charge in [-0.25, -0.2) is 0 Å². The van der Waals surface area contributed by atoms with E-state index in [0.717, 1.165) is 43.6 Å². The third kappa shape index (κ3) is 4.06. The Bertz CT molecular complexity index is 1260. The summed E-state index contributed by atoms with van der Waals surface area (Å²) in [6, 6.07) is 24.2. The molecule has 162 valence electrons. The van der Waals surface area contributed by atoms with Crippen molar-refractivity contribution in [3.8, 4) is 23.0 Å². The number of methoxy groups -OCH3 is 1. The second-order valence-corrected chi connectivity index (χ2v) is 8.27. The van der Waals surface area contributed by atoms with E-state index in [1.165, 1.54) is 0 Å². The highest BCUT2D eigenvalue weighted by molar-refractivity contribution is 9.10. The normalized spacial score (nSPS) is 12.1. The van der Waals surface area contributed by atoms with Gasteiger partial charge in [0.25, 0.3) is 0 Å². The molecule has 4 aromatic carbocycles. The van der Waals surface area contributed by atoms with E-state index in [1.54, 1.807) is 7.11 Å². The summed E-state index contributed by atoms with van der Waals surface area (Å²) in [6.07, 6.45) is 0. The molecule has 0 saturated carbocycles. The van der Waals surface area contributed by atoms with Crippen LogP contribution in [0.5, 0.6) is 23.0 Å². The predicted octanol–water partition coefficient (Wildman–Crippen LogP) is 6.53. The highest BCUT2D eigenvalue weighted by Crippen LogP contribution is 2.40. The molecule has 0 fully saturated rings. The van der Waals surface area contributed by atoms with Gasteiger partial charge in [-0.15, -0.1) is 0 Å². The molecule has 0 atom stereocenters. The number of rotatable bonds is 7. The maximum absolute atomic E-state index is 6.08. The molecule has 0 unspecified atom stereocenters. The molecule has 0 aliphatic carbocycles. The second-order valence-electron chi connectivity index (χ2n) is 7.42. The SMILES string of the molecule is COc1c(OCc2ccccc2)ccc(Br)c1CNc1cccc2cc3c(cc12)OCO3. The zero-order chi connectivity index (χ0) is 21.9. The highest BCUT2D eigenvalue weighted by atomic mass is 79.9. The van der Waals surface area contributed by atoms with Gasteiger partial charge in [-0.3, -0.25) is 0 Å². The molecule has 6 heteroatoms. The molecule has 1 N–H and O–H groups in total. The number of ether oxygens (including phenoxy) is 4. The molecule has 0 amide bonds. The monoisotopic (exact) mass is 491 g/mol. The zero-order valence-corrected chi connectivity index (χ0v) is 19.1. The lowest BCUT2D eigenvalue weighted by Crippen LogP contribution is -2.05. The molecule has 32 heavy (non-hydrogen) atoms. The lowest BCUT2D eigenvalue weighted by Gasteiger charge is -2.18. The first kappa shape index (κ1) is 20.5. The summed E-state index contributed by atoms with van der Waals surface area (Å²) in [5, 5.41) is 5.71. The smallest absolute Gasteiger partial charge is 0.231 e. The molecule has 5 nitrogen and oxygen atoms in total. The molecule has 0 saturated heterocycles. The van der Waals surface area contributed by atoms with Crippen LogP contribution in [0.2, 0.25) is 0 Å². The number of halogens is 1. The highest BCUT2D eigenvalue weighted by Gasteiger charge is 2.17. The van der Waals surface area contributed by atoms with Crippen molar-refractivity contribution in [2.24, 2.45) is 0 Å². The van der Waals surface area contributed by atoms with E-state index in [9.17, 15) is 0 Å². The molecule has 0 spiro atoms. The number of fused-ring (bicyclic) bond motifs is 2. The van der Waals surface area contributed by atoms with Gasteiger partial charge in [0.2, 0.25) is 6.79 Å². The van der Waals surface area contributed by atoms with E-state index in [2.05, 4.69) is 33.4 Å². The Labute approximate surface area is 195 Å². The number of hydrogen-bond acceptors (Lipinski definition) is 5. The Morgan fingerprint density at radius 1 is 0.938 bits per heavy atom. The van der Waals surface area contributed by atoms with Gasteiger partial charge in [-0.2, -0.15) is 0 Å². The summed E-state index contributed by atoms with van der Waals surface area (Å²) < 4.78 is 23.9. The van der Waals surface area contributed by atoms with Crippen LogP contribution in [-0.2, 0) is 13.2 Å². The van der Waals surface area contributed by atoms with Crippen molar-refractivity contribution in [3.63, 3.8) is 0 Å². The fourth-order valence-corrected chi connectivity index (χ4v) is 4.28. The molecule has 0 aromatic heterocycles. The van der Waals surface area contributed by atoms with E-state index in [0.29, 0.717) is 24.7 Å². The Kier molecular flexibility index (Phi) is 5.77. The summed E-state index contributed by atoms with van der Waals surface area (Å²) in [5.41, 5.74) is 3.09. The van der Waals surface area contributed by atoms with Crippen LogP contribution in [0.3, 0.4) is 0 Å². The lowest BCUT2D eigenvalue weighted by molar-refractivity contribution is 0.174. The van der Waals surface area contributed by atoms with Gasteiger partial charge in [-0.05, 0) is 41.3 Å². The van der Waals surface area contributed by atoms with Crippen LogP contribution in [0.15, 0.2) is 77.3 Å². The van der Waals surface area contributed by atoms with Crippen LogP contribution in [0.4, 0.5) is 5.69 Å². The average Bonchev–Trinajstić information content (AvgIpc) is 3.29. The molecule has 0 radical (unpaired) electrons. The Balaban J connectivity index is 1.40. The number of benzene rings is 4. The minimum atomic E-state index is 0.258. The Morgan fingerprint density at radius 3 is 2.56 bits per heavy atom. The Hall–Kier alpha value is -3.38. The largest absolute Gasteiger partial charge is 0.492 e. The summed E-state index contributed by atoms with van der Waals surface area (Å²) in [4.78, 5) is 0. The van der Waals surface area contributed by atoms with Crippen molar-refractivity contribution in [3.05, 3.63) is 88.4 Å². The summed E-state index contributed by atoms with van der Waals surface area (Å²) in [7, 11) is 1.67. The van der Waals surface area contributed by atoms with Gasteiger partial charge < -0.3 is 24.3 Å². The third-order valence-electron chi connectivity index (χ3n) is 5.44. The molecule has 1 heterocycles. The van der Waals surface area contributed by atoms with E-state index in [-0.39, 0.29) is 6.79 Å². The van der Waals surface area contributed by atoms with Crippen LogP contribution in [-0.4, -0.2) is 13.9 Å². The van der Waals surface area contributed by atoms with Crippen LogP contribution in [0.25, 0.3) is 10.8 Å². The van der Waals surface area contributed by atoms with E-state index >= 15 is 0 Å². The lowest BCUT2D eigenvalue weighted by atomic mass is 10.1. The van der Waals surface area contributed by atoms with Crippen LogP contribution < -0.4 is 24.3 Å². The van der Waals surface area contributed by atoms with E-state index < -0.39 is 0 Å². The van der Waals surface area contributed by atoms with Gasteiger partial charge in [0.15, 0.2) is 23.0 Å². The van der Waals surface area contributed by atoms with Crippen molar-refractivity contribution in [1.29, 1.82) is 0 Å². The number of hydrogen-bond donors (Lipinski definition) is 1. The molecular formula is C26H22BrNO4. The van der Waals surface area contributed by atoms with Crippen LogP contribution in [0.1, 0.15) is 11.1 Å². The average molecular weight is 492 g/mol. The predicted molar refractivity (Wildman–Crippen MR) is 129 cm³/mol. The van der Waals surface area contributed by atoms with Crippen molar-refractivity contribution in [1.82, 2.24) is 0 Å². The summed E-state index contributed by atoms with van der Waals surface area (Å²) in [5.74, 6) is 2.96. The van der Waals surface area contributed by atoms with Crippen molar-refractivity contribution in [2.45, 2.75) is 13.2 Å². The first-order valence-electron chi connectivity index (χ1n) is 10.3. The second kappa shape index (κ2) is 9.01. The van der Waals surface area contributed by atoms with Crippen molar-refractivity contribution < 1.29 is 18.9 Å². The zero-order valence-electron chi connectivity index (χ0n) is 17.6. The molecule has 5 rings (SSSR count). The van der Waals surface area contributed by atoms with E-state index in [4.69, 9.17) is 18.9 Å². The van der Waals surface area contributed by atoms with Crippen molar-refractivity contribution >= 4 is 32.4 Å². The molecule has 1 aliphatic heterocycles. The molecule has 1 aliphatic rings. The first-order chi connectivity index (χ1) is 15.7. The topological polar surface area (TPSA) is 49.0 Å². The fourth-order valence-electron chi connectivity index (χ4n) is 3.82. The van der Waals surface area contributed by atoms with Gasteiger partial charge in [-0.1, -0.05) is 58.4 Å². The first-order valence-corrected chi connectivity index (χ1v) is 11.1. The molecule has 0 bridgehead atoms. The number of anilines is 1. The van der Waals surface area contributed by atoms with Gasteiger partial charge in [0, 0.05) is 27.7 Å². The van der Waals surface area contributed by atoms with Crippen LogP contribution in [0, 0.1) is 0 Å². The quantitative estimate of drug-likeness (QED) is 0.318. The van der Waals surface area contributed by atoms with Gasteiger partial charge in [0.1, 0.15) is 6.61 Å². The minimum Gasteiger partial charge on any atom is -0.492 e. The molecular weight excluding hydrogens is 470 g/mol. The Morgan fingerprint density at radius 2 is 1.75 bits per heavy atom.